The summed E-state index contributed by atoms with van der Waals surface area (Å²) in [7, 11) is 0. The molecule has 0 aliphatic rings. The van der Waals surface area contributed by atoms with Crippen molar-refractivity contribution in [2.24, 2.45) is 0 Å². The lowest BCUT2D eigenvalue weighted by Crippen LogP contribution is -2.31. The fourth-order valence-corrected chi connectivity index (χ4v) is 3.22. The SMILES string of the molecule is Cc1ccc(C)c(OCC(=O)NCCc2nc3ccccc3n2C(C)C)c1. The predicted molar refractivity (Wildman–Crippen MR) is 108 cm³/mol. The first-order valence-corrected chi connectivity index (χ1v) is 9.38. The second kappa shape index (κ2) is 8.25. The quantitative estimate of drug-likeness (QED) is 0.689. The second-order valence-electron chi connectivity index (χ2n) is 7.14. The molecule has 5 nitrogen and oxygen atoms in total. The van der Waals surface area contributed by atoms with Crippen molar-refractivity contribution in [3.05, 3.63) is 59.4 Å². The van der Waals surface area contributed by atoms with E-state index < -0.39 is 0 Å². The van der Waals surface area contributed by atoms with Gasteiger partial charge < -0.3 is 14.6 Å². The zero-order valence-corrected chi connectivity index (χ0v) is 16.5. The van der Waals surface area contributed by atoms with Crippen LogP contribution in [0, 0.1) is 13.8 Å². The van der Waals surface area contributed by atoms with Crippen LogP contribution in [0.2, 0.25) is 0 Å². The van der Waals surface area contributed by atoms with E-state index in [1.54, 1.807) is 0 Å². The highest BCUT2D eigenvalue weighted by Crippen LogP contribution is 2.21. The van der Waals surface area contributed by atoms with Crippen LogP contribution in [-0.4, -0.2) is 28.6 Å². The molecule has 142 valence electrons. The van der Waals surface area contributed by atoms with E-state index in [0.717, 1.165) is 33.7 Å². The number of hydrogen-bond acceptors (Lipinski definition) is 3. The number of carbonyl (C=O) groups is 1. The molecule has 0 atom stereocenters. The zero-order valence-electron chi connectivity index (χ0n) is 16.5. The largest absolute Gasteiger partial charge is 0.483 e. The predicted octanol–water partition coefficient (Wildman–Crippen LogP) is 3.97. The zero-order chi connectivity index (χ0) is 19.4. The van der Waals surface area contributed by atoms with Crippen LogP contribution in [0.4, 0.5) is 0 Å². The summed E-state index contributed by atoms with van der Waals surface area (Å²) in [4.78, 5) is 16.9. The van der Waals surface area contributed by atoms with Crippen molar-refractivity contribution in [1.29, 1.82) is 0 Å². The van der Waals surface area contributed by atoms with Crippen LogP contribution in [0.15, 0.2) is 42.5 Å². The maximum Gasteiger partial charge on any atom is 0.257 e. The van der Waals surface area contributed by atoms with Crippen molar-refractivity contribution >= 4 is 16.9 Å². The van der Waals surface area contributed by atoms with E-state index in [1.165, 1.54) is 0 Å². The number of amides is 1. The molecule has 0 saturated heterocycles. The number of imidazole rings is 1. The normalized spacial score (nSPS) is 11.1. The number of para-hydroxylation sites is 2. The summed E-state index contributed by atoms with van der Waals surface area (Å²) >= 11 is 0. The highest BCUT2D eigenvalue weighted by atomic mass is 16.5. The van der Waals surface area contributed by atoms with Crippen LogP contribution in [0.3, 0.4) is 0 Å². The summed E-state index contributed by atoms with van der Waals surface area (Å²) in [6, 6.07) is 14.4. The number of nitrogens with zero attached hydrogens (tertiary/aromatic N) is 2. The number of ether oxygens (including phenoxy) is 1. The molecule has 0 aliphatic heterocycles. The van der Waals surface area contributed by atoms with Crippen LogP contribution in [0.5, 0.6) is 5.75 Å². The van der Waals surface area contributed by atoms with E-state index in [9.17, 15) is 4.79 Å². The van der Waals surface area contributed by atoms with Gasteiger partial charge in [-0.05, 0) is 57.0 Å². The lowest BCUT2D eigenvalue weighted by Gasteiger charge is -2.13. The number of aryl methyl sites for hydroxylation is 2. The Morgan fingerprint density at radius 2 is 1.96 bits per heavy atom. The van der Waals surface area contributed by atoms with Gasteiger partial charge in [-0.3, -0.25) is 4.79 Å². The lowest BCUT2D eigenvalue weighted by atomic mass is 10.1. The number of aromatic nitrogens is 2. The average Bonchev–Trinajstić information content (AvgIpc) is 3.01. The van der Waals surface area contributed by atoms with E-state index in [2.05, 4.69) is 29.8 Å². The highest BCUT2D eigenvalue weighted by Gasteiger charge is 2.13. The van der Waals surface area contributed by atoms with Crippen LogP contribution in [-0.2, 0) is 11.2 Å². The van der Waals surface area contributed by atoms with E-state index in [0.29, 0.717) is 19.0 Å². The van der Waals surface area contributed by atoms with Crippen LogP contribution in [0.25, 0.3) is 11.0 Å². The molecule has 1 N–H and O–H groups in total. The molecule has 0 unspecified atom stereocenters. The van der Waals surface area contributed by atoms with Crippen molar-refractivity contribution in [2.75, 3.05) is 13.2 Å². The van der Waals surface area contributed by atoms with Gasteiger partial charge in [0.1, 0.15) is 11.6 Å². The highest BCUT2D eigenvalue weighted by molar-refractivity contribution is 5.78. The summed E-state index contributed by atoms with van der Waals surface area (Å²) < 4.78 is 7.89. The Labute approximate surface area is 160 Å². The van der Waals surface area contributed by atoms with Gasteiger partial charge in [-0.2, -0.15) is 0 Å². The molecular formula is C22H27N3O2. The number of rotatable bonds is 7. The molecule has 0 saturated carbocycles. The van der Waals surface area contributed by atoms with Gasteiger partial charge in [0.15, 0.2) is 6.61 Å². The van der Waals surface area contributed by atoms with E-state index in [4.69, 9.17) is 9.72 Å². The molecular weight excluding hydrogens is 338 g/mol. The Morgan fingerprint density at radius 3 is 2.74 bits per heavy atom. The molecule has 3 rings (SSSR count). The third-order valence-electron chi connectivity index (χ3n) is 4.56. The topological polar surface area (TPSA) is 56.1 Å². The summed E-state index contributed by atoms with van der Waals surface area (Å²) in [5.74, 6) is 1.62. The first-order chi connectivity index (χ1) is 13.0. The number of benzene rings is 2. The molecule has 3 aromatic rings. The molecule has 5 heteroatoms. The first-order valence-electron chi connectivity index (χ1n) is 9.38. The minimum Gasteiger partial charge on any atom is -0.483 e. The van der Waals surface area contributed by atoms with Gasteiger partial charge in [0.25, 0.3) is 5.91 Å². The van der Waals surface area contributed by atoms with Gasteiger partial charge in [-0.1, -0.05) is 24.3 Å². The van der Waals surface area contributed by atoms with Gasteiger partial charge in [0.2, 0.25) is 0 Å². The molecule has 1 heterocycles. The van der Waals surface area contributed by atoms with Gasteiger partial charge in [-0.25, -0.2) is 4.98 Å². The minimum atomic E-state index is -0.122. The molecule has 0 radical (unpaired) electrons. The molecule has 0 fully saturated rings. The maximum absolute atomic E-state index is 12.1. The van der Waals surface area contributed by atoms with Gasteiger partial charge >= 0.3 is 0 Å². The Balaban J connectivity index is 1.57. The van der Waals surface area contributed by atoms with E-state index in [1.807, 2.05) is 50.2 Å². The van der Waals surface area contributed by atoms with Crippen molar-refractivity contribution < 1.29 is 9.53 Å². The molecule has 0 aliphatic carbocycles. The lowest BCUT2D eigenvalue weighted by molar-refractivity contribution is -0.123. The number of fused-ring (bicyclic) bond motifs is 1. The molecule has 0 spiro atoms. The Hall–Kier alpha value is -2.82. The average molecular weight is 365 g/mol. The Bertz CT molecular complexity index is 944. The summed E-state index contributed by atoms with van der Waals surface area (Å²) in [6.07, 6.45) is 0.683. The maximum atomic E-state index is 12.1. The van der Waals surface area contributed by atoms with Gasteiger partial charge in [0.05, 0.1) is 11.0 Å². The number of carbonyl (C=O) groups excluding carboxylic acids is 1. The van der Waals surface area contributed by atoms with Crippen LogP contribution < -0.4 is 10.1 Å². The van der Waals surface area contributed by atoms with E-state index in [-0.39, 0.29) is 12.5 Å². The number of nitrogens with one attached hydrogen (secondary N) is 1. The third-order valence-corrected chi connectivity index (χ3v) is 4.56. The Kier molecular flexibility index (Phi) is 5.79. The molecule has 0 bridgehead atoms. The van der Waals surface area contributed by atoms with Crippen molar-refractivity contribution in [3.8, 4) is 5.75 Å². The molecule has 1 amide bonds. The molecule has 27 heavy (non-hydrogen) atoms. The monoisotopic (exact) mass is 365 g/mol. The fourth-order valence-electron chi connectivity index (χ4n) is 3.22. The number of hydrogen-bond donors (Lipinski definition) is 1. The minimum absolute atomic E-state index is 0.0187. The Morgan fingerprint density at radius 1 is 1.19 bits per heavy atom. The van der Waals surface area contributed by atoms with Crippen molar-refractivity contribution in [1.82, 2.24) is 14.9 Å². The van der Waals surface area contributed by atoms with Gasteiger partial charge in [-0.15, -0.1) is 0 Å². The third kappa shape index (κ3) is 4.48. The fraction of sp³-hybridized carbons (Fsp3) is 0.364. The molecule has 2 aromatic carbocycles. The van der Waals surface area contributed by atoms with E-state index >= 15 is 0 Å². The van der Waals surface area contributed by atoms with Crippen molar-refractivity contribution in [2.45, 2.75) is 40.2 Å². The van der Waals surface area contributed by atoms with Crippen LogP contribution >= 0.6 is 0 Å². The molecule has 1 aromatic heterocycles. The summed E-state index contributed by atoms with van der Waals surface area (Å²) in [5.41, 5.74) is 4.26. The van der Waals surface area contributed by atoms with Crippen LogP contribution in [0.1, 0.15) is 36.8 Å². The van der Waals surface area contributed by atoms with Crippen molar-refractivity contribution in [3.63, 3.8) is 0 Å². The first kappa shape index (κ1) is 19.0. The smallest absolute Gasteiger partial charge is 0.257 e. The summed E-state index contributed by atoms with van der Waals surface area (Å²) in [5, 5.41) is 2.93. The second-order valence-corrected chi connectivity index (χ2v) is 7.14. The summed E-state index contributed by atoms with van der Waals surface area (Å²) in [6.45, 7) is 8.83. The standard InChI is InChI=1S/C22H27N3O2/c1-15(2)25-19-8-6-5-7-18(19)24-21(25)11-12-23-22(26)14-27-20-13-16(3)9-10-17(20)4/h5-10,13,15H,11-12,14H2,1-4H3,(H,23,26). The van der Waals surface area contributed by atoms with Gasteiger partial charge in [0, 0.05) is 19.0 Å².